The van der Waals surface area contributed by atoms with Gasteiger partial charge in [0.15, 0.2) is 0 Å². The fourth-order valence-corrected chi connectivity index (χ4v) is 2.84. The summed E-state index contributed by atoms with van der Waals surface area (Å²) in [6, 6.07) is 10.7. The summed E-state index contributed by atoms with van der Waals surface area (Å²) in [5.41, 5.74) is 8.76. The Balaban J connectivity index is 3.16. The van der Waals surface area contributed by atoms with Crippen LogP contribution in [-0.4, -0.2) is 24.0 Å². The summed E-state index contributed by atoms with van der Waals surface area (Å²) in [6.07, 6.45) is 0.814. The topological polar surface area (TPSA) is 29.3 Å². The van der Waals surface area contributed by atoms with Gasteiger partial charge in [0.25, 0.3) is 0 Å². The van der Waals surface area contributed by atoms with Crippen molar-refractivity contribution in [3.05, 3.63) is 48.0 Å². The Morgan fingerprint density at radius 3 is 2.21 bits per heavy atom. The second-order valence-electron chi connectivity index (χ2n) is 5.44. The van der Waals surface area contributed by atoms with Crippen LogP contribution in [0.1, 0.15) is 39.7 Å². The lowest BCUT2D eigenvalue weighted by Gasteiger charge is -2.42. The molecular formula is C17H28N2. The first-order chi connectivity index (χ1) is 8.95. The van der Waals surface area contributed by atoms with E-state index in [9.17, 15) is 0 Å². The summed E-state index contributed by atoms with van der Waals surface area (Å²) in [6.45, 7) is 14.7. The third-order valence-corrected chi connectivity index (χ3v) is 4.01. The first kappa shape index (κ1) is 15.9. The van der Waals surface area contributed by atoms with Crippen molar-refractivity contribution in [2.75, 3.05) is 13.1 Å². The van der Waals surface area contributed by atoms with Gasteiger partial charge >= 0.3 is 0 Å². The molecule has 0 bridgehead atoms. The van der Waals surface area contributed by atoms with Gasteiger partial charge in [-0.1, -0.05) is 49.8 Å². The molecule has 0 radical (unpaired) electrons. The Kier molecular flexibility index (Phi) is 5.77. The largest absolute Gasteiger partial charge is 0.320 e. The average molecular weight is 260 g/mol. The number of rotatable bonds is 7. The van der Waals surface area contributed by atoms with Crippen molar-refractivity contribution < 1.29 is 0 Å². The van der Waals surface area contributed by atoms with Crippen LogP contribution in [0.15, 0.2) is 42.5 Å². The smallest absolute Gasteiger partial charge is 0.0601 e. The summed E-state index contributed by atoms with van der Waals surface area (Å²) in [5, 5.41) is 0. The molecule has 2 nitrogen and oxygen atoms in total. The van der Waals surface area contributed by atoms with Gasteiger partial charge in [-0.25, -0.2) is 0 Å². The highest BCUT2D eigenvalue weighted by Crippen LogP contribution is 2.31. The molecule has 0 aliphatic rings. The molecule has 106 valence electrons. The molecule has 19 heavy (non-hydrogen) atoms. The zero-order chi connectivity index (χ0) is 14.5. The molecule has 0 aliphatic heterocycles. The predicted octanol–water partition coefficient (Wildman–Crippen LogP) is 3.54. The van der Waals surface area contributed by atoms with E-state index in [4.69, 9.17) is 5.73 Å². The van der Waals surface area contributed by atoms with E-state index in [1.807, 2.05) is 6.07 Å². The molecule has 0 amide bonds. The van der Waals surface area contributed by atoms with E-state index in [2.05, 4.69) is 63.4 Å². The van der Waals surface area contributed by atoms with Crippen LogP contribution < -0.4 is 5.73 Å². The van der Waals surface area contributed by atoms with E-state index >= 15 is 0 Å². The molecule has 0 saturated carbocycles. The summed E-state index contributed by atoms with van der Waals surface area (Å²) < 4.78 is 0. The Hall–Kier alpha value is -1.12. The van der Waals surface area contributed by atoms with E-state index in [0.717, 1.165) is 25.1 Å². The number of hydrogen-bond donors (Lipinski definition) is 1. The van der Waals surface area contributed by atoms with E-state index in [0.29, 0.717) is 0 Å². The molecule has 2 heteroatoms. The Labute approximate surface area is 118 Å². The molecule has 0 aliphatic carbocycles. The van der Waals surface area contributed by atoms with Gasteiger partial charge in [0, 0.05) is 6.04 Å². The zero-order valence-corrected chi connectivity index (χ0v) is 12.8. The molecule has 2 atom stereocenters. The highest BCUT2D eigenvalue weighted by molar-refractivity contribution is 5.28. The zero-order valence-electron chi connectivity index (χ0n) is 12.8. The first-order valence-electron chi connectivity index (χ1n) is 7.18. The first-order valence-corrected chi connectivity index (χ1v) is 7.18. The summed E-state index contributed by atoms with van der Waals surface area (Å²) in [5.74, 6) is 0. The summed E-state index contributed by atoms with van der Waals surface area (Å²) >= 11 is 0. The van der Waals surface area contributed by atoms with Gasteiger partial charge in [0.2, 0.25) is 0 Å². The molecule has 0 fully saturated rings. The maximum absolute atomic E-state index is 6.81. The maximum atomic E-state index is 6.81. The lowest BCUT2D eigenvalue weighted by atomic mass is 9.79. The van der Waals surface area contributed by atoms with Crippen LogP contribution in [0.2, 0.25) is 0 Å². The number of benzene rings is 1. The minimum absolute atomic E-state index is 0.279. The molecule has 2 unspecified atom stereocenters. The van der Waals surface area contributed by atoms with Crippen LogP contribution in [0.5, 0.6) is 0 Å². The number of nitrogens with two attached hydrogens (primary N) is 1. The Morgan fingerprint density at radius 2 is 1.79 bits per heavy atom. The molecule has 0 saturated heterocycles. The van der Waals surface area contributed by atoms with Gasteiger partial charge in [-0.3, -0.25) is 4.90 Å². The minimum Gasteiger partial charge on any atom is -0.320 e. The fourth-order valence-electron chi connectivity index (χ4n) is 2.84. The minimum atomic E-state index is -0.376. The van der Waals surface area contributed by atoms with Gasteiger partial charge in [0.1, 0.15) is 0 Å². The molecule has 1 rings (SSSR count). The number of likely N-dealkylation sites (N-methyl/N-ethyl adjacent to an activating group) is 1. The maximum Gasteiger partial charge on any atom is 0.0601 e. The molecule has 1 aromatic carbocycles. The molecule has 0 heterocycles. The van der Waals surface area contributed by atoms with Crippen molar-refractivity contribution in [2.24, 2.45) is 5.73 Å². The van der Waals surface area contributed by atoms with Crippen LogP contribution >= 0.6 is 0 Å². The molecule has 0 spiro atoms. The molecule has 1 aromatic rings. The average Bonchev–Trinajstić information content (AvgIpc) is 2.40. The van der Waals surface area contributed by atoms with Crippen molar-refractivity contribution in [1.29, 1.82) is 0 Å². The Bertz CT molecular complexity index is 395. The van der Waals surface area contributed by atoms with Crippen molar-refractivity contribution >= 4 is 0 Å². The monoisotopic (exact) mass is 260 g/mol. The van der Waals surface area contributed by atoms with Crippen molar-refractivity contribution in [2.45, 2.75) is 45.7 Å². The van der Waals surface area contributed by atoms with Gasteiger partial charge in [-0.05, 0) is 38.9 Å². The Morgan fingerprint density at radius 1 is 1.26 bits per heavy atom. The van der Waals surface area contributed by atoms with Crippen LogP contribution in [0, 0.1) is 0 Å². The van der Waals surface area contributed by atoms with Crippen LogP contribution in [-0.2, 0) is 5.54 Å². The van der Waals surface area contributed by atoms with E-state index < -0.39 is 0 Å². The van der Waals surface area contributed by atoms with E-state index in [1.165, 1.54) is 5.56 Å². The van der Waals surface area contributed by atoms with Gasteiger partial charge < -0.3 is 5.73 Å². The van der Waals surface area contributed by atoms with Crippen molar-refractivity contribution in [3.8, 4) is 0 Å². The molecule has 0 aromatic heterocycles. The van der Waals surface area contributed by atoms with E-state index in [1.54, 1.807) is 0 Å². The van der Waals surface area contributed by atoms with Gasteiger partial charge in [0.05, 0.1) is 5.54 Å². The summed E-state index contributed by atoms with van der Waals surface area (Å²) in [4.78, 5) is 2.41. The molecule has 2 N–H and O–H groups in total. The highest BCUT2D eigenvalue weighted by Gasteiger charge is 2.36. The summed E-state index contributed by atoms with van der Waals surface area (Å²) in [7, 11) is 0. The normalized spacial score (nSPS) is 16.1. The lowest BCUT2D eigenvalue weighted by Crippen LogP contribution is -2.54. The van der Waals surface area contributed by atoms with Crippen molar-refractivity contribution in [1.82, 2.24) is 4.90 Å². The SMILES string of the molecule is C=C(C)CC(N)(c1ccccc1)C(C)N(CC)CC. The van der Waals surface area contributed by atoms with Crippen LogP contribution in [0.4, 0.5) is 0 Å². The second kappa shape index (κ2) is 6.88. The quantitative estimate of drug-likeness (QED) is 0.760. The van der Waals surface area contributed by atoms with Crippen LogP contribution in [0.3, 0.4) is 0 Å². The highest BCUT2D eigenvalue weighted by atomic mass is 15.2. The van der Waals surface area contributed by atoms with Crippen LogP contribution in [0.25, 0.3) is 0 Å². The van der Waals surface area contributed by atoms with E-state index in [-0.39, 0.29) is 11.6 Å². The second-order valence-corrected chi connectivity index (χ2v) is 5.44. The standard InChI is InChI=1S/C17H28N2/c1-6-19(7-2)15(5)17(18,13-14(3)4)16-11-9-8-10-12-16/h8-12,15H,3,6-7,13,18H2,1-2,4-5H3. The third-order valence-electron chi connectivity index (χ3n) is 4.01. The van der Waals surface area contributed by atoms with Crippen molar-refractivity contribution in [3.63, 3.8) is 0 Å². The van der Waals surface area contributed by atoms with Gasteiger partial charge in [-0.15, -0.1) is 6.58 Å². The molecular weight excluding hydrogens is 232 g/mol. The number of nitrogens with zero attached hydrogens (tertiary/aromatic N) is 1. The number of hydrogen-bond acceptors (Lipinski definition) is 2. The fraction of sp³-hybridized carbons (Fsp3) is 0.529. The predicted molar refractivity (Wildman–Crippen MR) is 84.1 cm³/mol. The lowest BCUT2D eigenvalue weighted by molar-refractivity contribution is 0.142. The van der Waals surface area contributed by atoms with Gasteiger partial charge in [-0.2, -0.15) is 0 Å². The third kappa shape index (κ3) is 3.68.